The second-order valence-corrected chi connectivity index (χ2v) is 18.6. The van der Waals surface area contributed by atoms with E-state index in [4.69, 9.17) is 16.3 Å². The Hall–Kier alpha value is -3.50. The van der Waals surface area contributed by atoms with Crippen LogP contribution in [0.25, 0.3) is 0 Å². The predicted octanol–water partition coefficient (Wildman–Crippen LogP) is 5.40. The second-order valence-electron chi connectivity index (χ2n) is 14.9. The number of benzene rings is 1. The summed E-state index contributed by atoms with van der Waals surface area (Å²) in [6.07, 6.45) is 7.95. The molecular weight excluding hydrogens is 755 g/mol. The van der Waals surface area contributed by atoms with E-state index in [1.54, 1.807) is 13.0 Å². The molecule has 0 aromatic heterocycles. The van der Waals surface area contributed by atoms with Crippen LogP contribution in [0.1, 0.15) is 70.3 Å². The molecular formula is C36H41ClF3N5O6S2. The van der Waals surface area contributed by atoms with Crippen LogP contribution in [0.3, 0.4) is 0 Å². The predicted molar refractivity (Wildman–Crippen MR) is 195 cm³/mol. The van der Waals surface area contributed by atoms with E-state index in [2.05, 4.69) is 20.3 Å². The SMILES string of the molecule is CC1(S(=O)(=O)NC(=O)[C@@]23C[C@H]2/C=C\CCCCC[C@H](Nc2cccc(C(F)(F)F)c2)C(=O)N2C[C@H](OC4=NC5C=CC(Cl)=CC5S4)C[C@H]2C(=O)N3)CC1. The van der Waals surface area contributed by atoms with Crippen LogP contribution in [0.5, 0.6) is 0 Å². The maximum Gasteiger partial charge on any atom is 0.416 e. The molecule has 1 aromatic carbocycles. The zero-order valence-electron chi connectivity index (χ0n) is 28.9. The molecule has 11 nitrogen and oxygen atoms in total. The summed E-state index contributed by atoms with van der Waals surface area (Å²) in [6, 6.07) is 2.30. The molecule has 3 fully saturated rings. The molecule has 7 atom stereocenters. The first-order valence-corrected chi connectivity index (χ1v) is 20.6. The molecule has 6 aliphatic rings. The summed E-state index contributed by atoms with van der Waals surface area (Å²) in [5, 5.41) is 6.73. The highest BCUT2D eigenvalue weighted by atomic mass is 35.5. The Morgan fingerprint density at radius 1 is 1.17 bits per heavy atom. The van der Waals surface area contributed by atoms with Crippen molar-refractivity contribution >= 4 is 62.0 Å². The molecule has 3 amide bonds. The number of nitrogens with zero attached hydrogens (tertiary/aromatic N) is 2. The Labute approximate surface area is 315 Å². The van der Waals surface area contributed by atoms with Crippen molar-refractivity contribution in [2.75, 3.05) is 11.9 Å². The van der Waals surface area contributed by atoms with E-state index < -0.39 is 73.9 Å². The lowest BCUT2D eigenvalue weighted by molar-refractivity contribution is -0.140. The highest BCUT2D eigenvalue weighted by Crippen LogP contribution is 2.48. The molecule has 1 saturated heterocycles. The lowest BCUT2D eigenvalue weighted by Gasteiger charge is -2.30. The number of nitrogens with one attached hydrogen (secondary N) is 3. The average molecular weight is 796 g/mol. The van der Waals surface area contributed by atoms with Gasteiger partial charge >= 0.3 is 6.18 Å². The van der Waals surface area contributed by atoms with Crippen LogP contribution >= 0.6 is 23.4 Å². The summed E-state index contributed by atoms with van der Waals surface area (Å²) < 4.78 is 74.4. The molecule has 0 spiro atoms. The van der Waals surface area contributed by atoms with Crippen LogP contribution in [0.15, 0.2) is 64.7 Å². The zero-order valence-corrected chi connectivity index (χ0v) is 31.3. The van der Waals surface area contributed by atoms with Gasteiger partial charge in [0, 0.05) is 23.1 Å². The maximum atomic E-state index is 14.5. The van der Waals surface area contributed by atoms with Crippen molar-refractivity contribution < 1.29 is 40.7 Å². The van der Waals surface area contributed by atoms with Crippen molar-refractivity contribution in [2.45, 2.75) is 111 Å². The molecule has 53 heavy (non-hydrogen) atoms. The van der Waals surface area contributed by atoms with E-state index in [9.17, 15) is 36.0 Å². The number of carbonyl (C=O) groups excluding carboxylic acids is 3. The van der Waals surface area contributed by atoms with Gasteiger partial charge < -0.3 is 20.3 Å². The van der Waals surface area contributed by atoms with Gasteiger partial charge in [0.25, 0.3) is 5.91 Å². The maximum absolute atomic E-state index is 14.5. The Morgan fingerprint density at radius 3 is 2.72 bits per heavy atom. The Bertz CT molecular complexity index is 1900. The lowest BCUT2D eigenvalue weighted by Crippen LogP contribution is -2.58. The molecule has 2 saturated carbocycles. The van der Waals surface area contributed by atoms with Crippen LogP contribution in [0.2, 0.25) is 0 Å². The summed E-state index contributed by atoms with van der Waals surface area (Å²) in [5.74, 6) is -2.47. The molecule has 3 aliphatic heterocycles. The summed E-state index contributed by atoms with van der Waals surface area (Å²) in [7, 11) is -4.01. The van der Waals surface area contributed by atoms with Crippen molar-refractivity contribution in [1.82, 2.24) is 14.9 Å². The van der Waals surface area contributed by atoms with Gasteiger partial charge in [-0.3, -0.25) is 19.1 Å². The molecule has 7 rings (SSSR count). The lowest BCUT2D eigenvalue weighted by atomic mass is 10.0. The second kappa shape index (κ2) is 14.3. The fourth-order valence-electron chi connectivity index (χ4n) is 7.23. The molecule has 2 unspecified atom stereocenters. The summed E-state index contributed by atoms with van der Waals surface area (Å²) >= 11 is 7.56. The van der Waals surface area contributed by atoms with Gasteiger partial charge in [-0.05, 0) is 75.8 Å². The molecule has 0 bridgehead atoms. The van der Waals surface area contributed by atoms with E-state index >= 15 is 0 Å². The van der Waals surface area contributed by atoms with E-state index in [0.29, 0.717) is 42.4 Å². The number of halogens is 4. The normalized spacial score (nSPS) is 33.1. The first-order valence-electron chi connectivity index (χ1n) is 17.8. The topological polar surface area (TPSA) is 146 Å². The van der Waals surface area contributed by atoms with E-state index in [-0.39, 0.29) is 42.8 Å². The largest absolute Gasteiger partial charge is 0.468 e. The minimum atomic E-state index is -4.59. The van der Waals surface area contributed by atoms with Crippen molar-refractivity contribution in [3.63, 3.8) is 0 Å². The van der Waals surface area contributed by atoms with Gasteiger partial charge in [-0.25, -0.2) is 13.4 Å². The Balaban J connectivity index is 1.17. The third-order valence-electron chi connectivity index (χ3n) is 10.9. The number of hydrogen-bond donors (Lipinski definition) is 3. The van der Waals surface area contributed by atoms with Gasteiger partial charge in [0.05, 0.1) is 28.1 Å². The molecule has 1 aromatic rings. The number of alkyl halides is 3. The number of allylic oxidation sites excluding steroid dienone is 3. The first kappa shape index (κ1) is 37.8. The van der Waals surface area contributed by atoms with E-state index in [0.717, 1.165) is 18.6 Å². The number of hydrogen-bond acceptors (Lipinski definition) is 9. The van der Waals surface area contributed by atoms with Crippen molar-refractivity contribution in [3.8, 4) is 0 Å². The quantitative estimate of drug-likeness (QED) is 0.325. The average Bonchev–Trinajstić information content (AvgIpc) is 3.91. The Morgan fingerprint density at radius 2 is 1.96 bits per heavy atom. The number of sulfonamides is 1. The summed E-state index contributed by atoms with van der Waals surface area (Å²) in [6.45, 7) is 1.53. The van der Waals surface area contributed by atoms with Crippen LogP contribution in [-0.4, -0.2) is 82.6 Å². The van der Waals surface area contributed by atoms with Crippen molar-refractivity contribution in [3.05, 3.63) is 65.2 Å². The van der Waals surface area contributed by atoms with Gasteiger partial charge in [0.2, 0.25) is 27.1 Å². The fraction of sp³-hybridized carbons (Fsp3) is 0.556. The number of thioether (sulfide) groups is 1. The van der Waals surface area contributed by atoms with Gasteiger partial charge in [-0.15, -0.1) is 0 Å². The number of anilines is 1. The monoisotopic (exact) mass is 795 g/mol. The van der Waals surface area contributed by atoms with Crippen LogP contribution in [0, 0.1) is 5.92 Å². The first-order chi connectivity index (χ1) is 25.1. The van der Waals surface area contributed by atoms with E-state index in [1.807, 2.05) is 24.3 Å². The Kier molecular flexibility index (Phi) is 10.2. The van der Waals surface area contributed by atoms with Crippen molar-refractivity contribution in [2.24, 2.45) is 10.9 Å². The van der Waals surface area contributed by atoms with Gasteiger partial charge in [-0.1, -0.05) is 60.5 Å². The number of carbonyl (C=O) groups is 3. The third kappa shape index (κ3) is 8.00. The van der Waals surface area contributed by atoms with Crippen LogP contribution in [0.4, 0.5) is 18.9 Å². The molecule has 286 valence electrons. The highest BCUT2D eigenvalue weighted by molar-refractivity contribution is 8.14. The zero-order chi connectivity index (χ0) is 37.8. The third-order valence-corrected chi connectivity index (χ3v) is 14.4. The smallest absolute Gasteiger partial charge is 0.416 e. The standard InChI is InChI=1S/C36H41ClF3N5O6S2/c1-34(14-15-34)53(49,50)44-32(48)35-19-22(35)8-5-3-2-4-6-11-27(41-24-10-7-9-21(16-24)36(38,39)40)31(47)45-20-25(18-28(45)30(46)43-35)51-33-42-26-13-12-23(37)17-29(26)52-33/h5,7-10,12-13,16-17,22,25-29,41H,2-4,6,11,14-15,18-20H2,1H3,(H,43,46)(H,44,48)/b8-5-/t22-,25-,26?,27+,28+,29?,35-/m1/s1. The van der Waals surface area contributed by atoms with Crippen LogP contribution < -0.4 is 15.4 Å². The number of ether oxygens (including phenoxy) is 1. The molecule has 0 radical (unpaired) electrons. The molecule has 3 heterocycles. The molecule has 3 aliphatic carbocycles. The number of rotatable bonds is 6. The summed E-state index contributed by atoms with van der Waals surface area (Å²) in [5.41, 5.74) is -2.31. The van der Waals surface area contributed by atoms with Crippen molar-refractivity contribution in [1.29, 1.82) is 0 Å². The summed E-state index contributed by atoms with van der Waals surface area (Å²) in [4.78, 5) is 48.6. The fourth-order valence-corrected chi connectivity index (χ4v) is 9.94. The minimum Gasteiger partial charge on any atom is -0.468 e. The molecule has 3 N–H and O–H groups in total. The highest BCUT2D eigenvalue weighted by Gasteiger charge is 2.63. The van der Waals surface area contributed by atoms with Gasteiger partial charge in [-0.2, -0.15) is 13.2 Å². The van der Waals surface area contributed by atoms with Gasteiger partial charge in [0.1, 0.15) is 23.7 Å². The minimum absolute atomic E-state index is 0.0315. The van der Waals surface area contributed by atoms with Crippen LogP contribution in [-0.2, 0) is 35.3 Å². The number of aliphatic imine (C=N–C) groups is 1. The van der Waals surface area contributed by atoms with E-state index in [1.165, 1.54) is 28.8 Å². The number of fused-ring (bicyclic) bond motifs is 3. The molecule has 17 heteroatoms. The van der Waals surface area contributed by atoms with Gasteiger partial charge in [0.15, 0.2) is 0 Å². The number of amides is 3.